The third-order valence-electron chi connectivity index (χ3n) is 2.89. The van der Waals surface area contributed by atoms with E-state index in [1.54, 1.807) is 24.7 Å². The van der Waals surface area contributed by atoms with Crippen molar-refractivity contribution < 1.29 is 4.79 Å². The molecule has 0 aliphatic heterocycles. The van der Waals surface area contributed by atoms with Gasteiger partial charge in [-0.25, -0.2) is 4.98 Å². The predicted octanol–water partition coefficient (Wildman–Crippen LogP) is 2.71. The zero-order valence-electron chi connectivity index (χ0n) is 13.3. The lowest BCUT2D eigenvalue weighted by Gasteiger charge is -2.17. The van der Waals surface area contributed by atoms with E-state index in [0.29, 0.717) is 13.1 Å². The van der Waals surface area contributed by atoms with Gasteiger partial charge in [-0.1, -0.05) is 33.4 Å². The first kappa shape index (κ1) is 16.9. The van der Waals surface area contributed by atoms with Crippen molar-refractivity contribution >= 4 is 12.1 Å². The minimum atomic E-state index is -0.403. The van der Waals surface area contributed by atoms with Gasteiger partial charge in [0.1, 0.15) is 5.82 Å². The molecule has 1 rings (SSSR count). The fraction of sp³-hybridized carbons (Fsp3) is 0.438. The van der Waals surface area contributed by atoms with Crippen LogP contribution in [0.1, 0.15) is 33.5 Å². The maximum absolute atomic E-state index is 11.9. The summed E-state index contributed by atoms with van der Waals surface area (Å²) in [6.07, 6.45) is 8.87. The first-order valence-electron chi connectivity index (χ1n) is 6.96. The lowest BCUT2D eigenvalue weighted by molar-refractivity contribution is -0.128. The molecule has 0 fully saturated rings. The number of amides is 1. The monoisotopic (exact) mass is 288 g/mol. The molecule has 1 amide bonds. The normalized spacial score (nSPS) is 12.7. The Labute approximate surface area is 126 Å². The molecule has 0 aromatic carbocycles. The van der Waals surface area contributed by atoms with Gasteiger partial charge < -0.3 is 9.88 Å². The van der Waals surface area contributed by atoms with E-state index in [9.17, 15) is 4.79 Å². The number of hydrogen-bond donors (Lipinski definition) is 1. The van der Waals surface area contributed by atoms with Crippen molar-refractivity contribution in [2.75, 3.05) is 0 Å². The van der Waals surface area contributed by atoms with Gasteiger partial charge in [0.2, 0.25) is 5.91 Å². The van der Waals surface area contributed by atoms with Crippen molar-refractivity contribution in [1.29, 1.82) is 0 Å². The third kappa shape index (κ3) is 5.38. The number of hydrogen-bond acceptors (Lipinski definition) is 3. The highest BCUT2D eigenvalue weighted by molar-refractivity contribution is 5.81. The second-order valence-electron chi connectivity index (χ2n) is 5.72. The summed E-state index contributed by atoms with van der Waals surface area (Å²) in [5.74, 6) is 0.813. The fourth-order valence-corrected chi connectivity index (χ4v) is 1.60. The van der Waals surface area contributed by atoms with E-state index in [1.165, 1.54) is 0 Å². The Morgan fingerprint density at radius 2 is 2.24 bits per heavy atom. The zero-order chi connectivity index (χ0) is 15.9. The van der Waals surface area contributed by atoms with Crippen LogP contribution in [0.4, 0.5) is 0 Å². The van der Waals surface area contributed by atoms with Gasteiger partial charge in [-0.3, -0.25) is 9.79 Å². The van der Waals surface area contributed by atoms with E-state index in [1.807, 2.05) is 38.5 Å². The van der Waals surface area contributed by atoms with Crippen LogP contribution in [0.25, 0.3) is 0 Å². The van der Waals surface area contributed by atoms with Crippen molar-refractivity contribution in [3.05, 3.63) is 42.6 Å². The molecule has 1 aromatic heterocycles. The highest BCUT2D eigenvalue weighted by atomic mass is 16.2. The standard InChI is InChI=1S/C16H24N4O/c1-6-13(10-17-7-2)12-20-9-8-18-14(20)11-19-15(21)16(3,4)5/h6-10H,1,11-12H2,2-5H3,(H,19,21)/b13-10+,17-7?. The fourth-order valence-electron chi connectivity index (χ4n) is 1.60. The van der Waals surface area contributed by atoms with Crippen LogP contribution < -0.4 is 5.32 Å². The Kier molecular flexibility index (Phi) is 6.09. The highest BCUT2D eigenvalue weighted by Gasteiger charge is 2.21. The van der Waals surface area contributed by atoms with Crippen LogP contribution in [0.3, 0.4) is 0 Å². The number of imidazole rings is 1. The molecule has 0 aliphatic carbocycles. The molecule has 5 nitrogen and oxygen atoms in total. The van der Waals surface area contributed by atoms with Crippen LogP contribution in [-0.2, 0) is 17.9 Å². The molecule has 21 heavy (non-hydrogen) atoms. The van der Waals surface area contributed by atoms with Crippen LogP contribution in [0, 0.1) is 5.41 Å². The van der Waals surface area contributed by atoms with Gasteiger partial charge in [0.05, 0.1) is 13.1 Å². The largest absolute Gasteiger partial charge is 0.348 e. The van der Waals surface area contributed by atoms with Crippen molar-refractivity contribution in [3.63, 3.8) is 0 Å². The van der Waals surface area contributed by atoms with E-state index in [2.05, 4.69) is 21.9 Å². The zero-order valence-corrected chi connectivity index (χ0v) is 13.3. The summed E-state index contributed by atoms with van der Waals surface area (Å²) in [5.41, 5.74) is 0.578. The Hall–Kier alpha value is -2.17. The van der Waals surface area contributed by atoms with Gasteiger partial charge in [0.25, 0.3) is 0 Å². The smallest absolute Gasteiger partial charge is 0.225 e. The van der Waals surface area contributed by atoms with Gasteiger partial charge in [-0.05, 0) is 12.5 Å². The van der Waals surface area contributed by atoms with E-state index < -0.39 is 5.41 Å². The van der Waals surface area contributed by atoms with Crippen LogP contribution in [0.5, 0.6) is 0 Å². The second-order valence-corrected chi connectivity index (χ2v) is 5.72. The first-order valence-corrected chi connectivity index (χ1v) is 6.96. The highest BCUT2D eigenvalue weighted by Crippen LogP contribution is 2.13. The molecule has 0 bridgehead atoms. The molecule has 0 unspecified atom stereocenters. The van der Waals surface area contributed by atoms with E-state index in [-0.39, 0.29) is 5.91 Å². The molecular formula is C16H24N4O. The number of allylic oxidation sites excluding steroid dienone is 2. The molecule has 1 N–H and O–H groups in total. The van der Waals surface area contributed by atoms with Gasteiger partial charge >= 0.3 is 0 Å². The summed E-state index contributed by atoms with van der Waals surface area (Å²) >= 11 is 0. The molecule has 0 aliphatic rings. The van der Waals surface area contributed by atoms with Gasteiger partial charge in [-0.15, -0.1) is 0 Å². The first-order chi connectivity index (χ1) is 9.88. The molecule has 0 atom stereocenters. The topological polar surface area (TPSA) is 59.3 Å². The predicted molar refractivity (Wildman–Crippen MR) is 86.0 cm³/mol. The van der Waals surface area contributed by atoms with Crippen LogP contribution in [0.2, 0.25) is 0 Å². The molecule has 114 valence electrons. The van der Waals surface area contributed by atoms with Crippen LogP contribution in [0.15, 0.2) is 41.8 Å². The molecule has 5 heteroatoms. The maximum atomic E-state index is 11.9. The minimum Gasteiger partial charge on any atom is -0.348 e. The van der Waals surface area contributed by atoms with Crippen LogP contribution >= 0.6 is 0 Å². The number of carbonyl (C=O) groups excluding carboxylic acids is 1. The van der Waals surface area contributed by atoms with Gasteiger partial charge in [0, 0.05) is 30.2 Å². The van der Waals surface area contributed by atoms with Crippen molar-refractivity contribution in [2.45, 2.75) is 40.8 Å². The number of nitrogens with one attached hydrogen (secondary N) is 1. The van der Waals surface area contributed by atoms with Gasteiger partial charge in [0.15, 0.2) is 0 Å². The Morgan fingerprint density at radius 1 is 1.52 bits per heavy atom. The third-order valence-corrected chi connectivity index (χ3v) is 2.89. The molecule has 0 spiro atoms. The molecule has 0 saturated carbocycles. The average molecular weight is 288 g/mol. The van der Waals surface area contributed by atoms with Crippen molar-refractivity contribution in [1.82, 2.24) is 14.9 Å². The molecule has 0 saturated heterocycles. The maximum Gasteiger partial charge on any atom is 0.225 e. The van der Waals surface area contributed by atoms with E-state index in [0.717, 1.165) is 11.4 Å². The van der Waals surface area contributed by atoms with Gasteiger partial charge in [-0.2, -0.15) is 0 Å². The number of rotatable bonds is 6. The average Bonchev–Trinajstić information content (AvgIpc) is 2.86. The molecule has 1 heterocycles. The summed E-state index contributed by atoms with van der Waals surface area (Å²) in [7, 11) is 0. The van der Waals surface area contributed by atoms with Crippen LogP contribution in [-0.4, -0.2) is 21.7 Å². The number of aliphatic imine (C=N–C) groups is 1. The Bertz CT molecular complexity index is 547. The second kappa shape index (κ2) is 7.57. The molecule has 1 aromatic rings. The minimum absolute atomic E-state index is 0.00659. The number of nitrogens with zero attached hydrogens (tertiary/aromatic N) is 3. The number of carbonyl (C=O) groups is 1. The summed E-state index contributed by atoms with van der Waals surface area (Å²) in [6.45, 7) is 12.3. The quantitative estimate of drug-likeness (QED) is 0.646. The lowest BCUT2D eigenvalue weighted by atomic mass is 9.96. The van der Waals surface area contributed by atoms with Crippen molar-refractivity contribution in [2.24, 2.45) is 10.4 Å². The molecular weight excluding hydrogens is 264 g/mol. The lowest BCUT2D eigenvalue weighted by Crippen LogP contribution is -2.35. The van der Waals surface area contributed by atoms with Crippen molar-refractivity contribution in [3.8, 4) is 0 Å². The Morgan fingerprint density at radius 3 is 2.81 bits per heavy atom. The summed E-state index contributed by atoms with van der Waals surface area (Å²) in [5, 5.41) is 2.90. The Balaban J connectivity index is 2.74. The SMILES string of the molecule is C=C/C(=C\N=CC)Cn1ccnc1CNC(=O)C(C)(C)C. The van der Waals surface area contributed by atoms with E-state index in [4.69, 9.17) is 0 Å². The molecule has 0 radical (unpaired) electrons. The number of aromatic nitrogens is 2. The van der Waals surface area contributed by atoms with E-state index >= 15 is 0 Å². The summed E-state index contributed by atoms with van der Waals surface area (Å²) in [6, 6.07) is 0. The summed E-state index contributed by atoms with van der Waals surface area (Å²) in [4.78, 5) is 20.3. The summed E-state index contributed by atoms with van der Waals surface area (Å²) < 4.78 is 1.97.